The summed E-state index contributed by atoms with van der Waals surface area (Å²) in [5.41, 5.74) is 5.46. The van der Waals surface area contributed by atoms with E-state index in [9.17, 15) is 4.79 Å². The summed E-state index contributed by atoms with van der Waals surface area (Å²) < 4.78 is 5.62. The van der Waals surface area contributed by atoms with Crippen LogP contribution in [0.4, 0.5) is 17.2 Å². The molecule has 4 aromatic rings. The molecule has 4 heterocycles. The van der Waals surface area contributed by atoms with Gasteiger partial charge in [0.2, 0.25) is 5.91 Å². The summed E-state index contributed by atoms with van der Waals surface area (Å²) in [6, 6.07) is 9.63. The number of benzene rings is 1. The van der Waals surface area contributed by atoms with Crippen molar-refractivity contribution in [3.63, 3.8) is 0 Å². The molecule has 9 nitrogen and oxygen atoms in total. The number of aryl methyl sites for hydroxylation is 1. The Morgan fingerprint density at radius 3 is 3.06 bits per heavy atom. The molecule has 0 spiro atoms. The summed E-state index contributed by atoms with van der Waals surface area (Å²) in [6.07, 6.45) is 8.51. The number of hydrogen-bond acceptors (Lipinski definition) is 7. The summed E-state index contributed by atoms with van der Waals surface area (Å²) in [6.45, 7) is 3.46. The summed E-state index contributed by atoms with van der Waals surface area (Å²) >= 11 is 0. The number of nitrogens with zero attached hydrogens (tertiary/aromatic N) is 4. The predicted octanol–water partition coefficient (Wildman–Crippen LogP) is 4.61. The van der Waals surface area contributed by atoms with Crippen LogP contribution >= 0.6 is 0 Å². The Hall–Kier alpha value is -3.85. The largest absolute Gasteiger partial charge is 0.381 e. The van der Waals surface area contributed by atoms with Gasteiger partial charge in [-0.25, -0.2) is 19.9 Å². The van der Waals surface area contributed by atoms with Crippen LogP contribution in [0.25, 0.3) is 22.4 Å². The maximum absolute atomic E-state index is 12.7. The third-order valence-corrected chi connectivity index (χ3v) is 6.03. The minimum atomic E-state index is 0.00531. The van der Waals surface area contributed by atoms with E-state index >= 15 is 0 Å². The van der Waals surface area contributed by atoms with Crippen molar-refractivity contribution in [2.24, 2.45) is 5.92 Å². The highest BCUT2D eigenvalue weighted by Gasteiger charge is 2.18. The van der Waals surface area contributed by atoms with E-state index < -0.39 is 0 Å². The van der Waals surface area contributed by atoms with Gasteiger partial charge >= 0.3 is 0 Å². The number of hydrogen-bond donors (Lipinski definition) is 3. The van der Waals surface area contributed by atoms with E-state index in [4.69, 9.17) is 4.74 Å². The summed E-state index contributed by atoms with van der Waals surface area (Å²) in [5.74, 6) is 0.923. The molecule has 174 valence electrons. The Labute approximate surface area is 197 Å². The SMILES string of the molecule is Cc1ccc(NC(=O)CC2CCCCOC2)cc1Nc1ncccc1-c1ncnc2[nH]cnc12. The van der Waals surface area contributed by atoms with Crippen molar-refractivity contribution in [2.75, 3.05) is 23.8 Å². The number of anilines is 3. The molecule has 0 saturated carbocycles. The number of amides is 1. The highest BCUT2D eigenvalue weighted by molar-refractivity contribution is 5.93. The number of aromatic nitrogens is 5. The number of pyridine rings is 1. The van der Waals surface area contributed by atoms with Gasteiger partial charge in [0.15, 0.2) is 5.65 Å². The van der Waals surface area contributed by atoms with Gasteiger partial charge in [0, 0.05) is 42.8 Å². The molecule has 3 aromatic heterocycles. The lowest BCUT2D eigenvalue weighted by Crippen LogP contribution is -2.19. The van der Waals surface area contributed by atoms with Crippen molar-refractivity contribution in [1.29, 1.82) is 0 Å². The molecule has 1 saturated heterocycles. The van der Waals surface area contributed by atoms with Crippen LogP contribution in [0.3, 0.4) is 0 Å². The van der Waals surface area contributed by atoms with Gasteiger partial charge in [-0.2, -0.15) is 0 Å². The van der Waals surface area contributed by atoms with Crippen LogP contribution in [-0.4, -0.2) is 44.0 Å². The van der Waals surface area contributed by atoms with Gasteiger partial charge in [0.05, 0.1) is 6.33 Å². The number of carbonyl (C=O) groups is 1. The summed E-state index contributed by atoms with van der Waals surface area (Å²) in [5, 5.41) is 6.46. The first-order valence-electron chi connectivity index (χ1n) is 11.5. The first-order valence-corrected chi connectivity index (χ1v) is 11.5. The Kier molecular flexibility index (Phi) is 6.44. The molecule has 3 N–H and O–H groups in total. The lowest BCUT2D eigenvalue weighted by Gasteiger charge is -2.16. The molecule has 1 unspecified atom stereocenters. The van der Waals surface area contributed by atoms with E-state index in [-0.39, 0.29) is 11.8 Å². The Bertz CT molecular complexity index is 1300. The van der Waals surface area contributed by atoms with Crippen LogP contribution < -0.4 is 10.6 Å². The van der Waals surface area contributed by atoms with Crippen LogP contribution in [0, 0.1) is 12.8 Å². The average molecular weight is 458 g/mol. The minimum Gasteiger partial charge on any atom is -0.381 e. The molecule has 34 heavy (non-hydrogen) atoms. The molecule has 9 heteroatoms. The summed E-state index contributed by atoms with van der Waals surface area (Å²) in [4.78, 5) is 33.3. The first-order chi connectivity index (χ1) is 16.7. The molecule has 1 atom stereocenters. The van der Waals surface area contributed by atoms with Gasteiger partial charge in [0.1, 0.15) is 23.4 Å². The maximum atomic E-state index is 12.7. The van der Waals surface area contributed by atoms with Gasteiger partial charge in [-0.1, -0.05) is 12.5 Å². The molecule has 1 aliphatic rings. The zero-order chi connectivity index (χ0) is 23.3. The van der Waals surface area contributed by atoms with Crippen LogP contribution in [0.1, 0.15) is 31.2 Å². The number of H-pyrrole nitrogens is 1. The standard InChI is InChI=1S/C25H27N7O2/c1-16-7-8-18(31-21(33)11-17-5-2-3-10-34-13-17)12-20(16)32-24-19(6-4-9-26-24)22-23-25(29-14-27-22)30-15-28-23/h4,6-9,12,14-15,17H,2-3,5,10-11,13H2,1H3,(H,26,32)(H,31,33)(H,27,28,29,30). The van der Waals surface area contributed by atoms with Crippen LogP contribution in [-0.2, 0) is 9.53 Å². The fourth-order valence-corrected chi connectivity index (χ4v) is 4.23. The molecule has 0 bridgehead atoms. The van der Waals surface area contributed by atoms with Crippen molar-refractivity contribution in [1.82, 2.24) is 24.9 Å². The lowest BCUT2D eigenvalue weighted by atomic mass is 10.00. The smallest absolute Gasteiger partial charge is 0.224 e. The second kappa shape index (κ2) is 9.96. The number of carbonyl (C=O) groups excluding carboxylic acids is 1. The second-order valence-electron chi connectivity index (χ2n) is 8.57. The lowest BCUT2D eigenvalue weighted by molar-refractivity contribution is -0.117. The molecule has 0 radical (unpaired) electrons. The Balaban J connectivity index is 1.36. The molecule has 1 fully saturated rings. The molecule has 1 aliphatic heterocycles. The van der Waals surface area contributed by atoms with Crippen molar-refractivity contribution < 1.29 is 9.53 Å². The van der Waals surface area contributed by atoms with Crippen molar-refractivity contribution >= 4 is 34.3 Å². The van der Waals surface area contributed by atoms with Crippen LogP contribution in [0.5, 0.6) is 0 Å². The number of nitrogens with one attached hydrogen (secondary N) is 3. The van der Waals surface area contributed by atoms with E-state index in [2.05, 4.69) is 35.6 Å². The first kappa shape index (κ1) is 22.0. The zero-order valence-corrected chi connectivity index (χ0v) is 19.0. The van der Waals surface area contributed by atoms with E-state index in [0.717, 1.165) is 48.4 Å². The monoisotopic (exact) mass is 457 g/mol. The second-order valence-corrected chi connectivity index (χ2v) is 8.57. The third-order valence-electron chi connectivity index (χ3n) is 6.03. The van der Waals surface area contributed by atoms with Crippen LogP contribution in [0.2, 0.25) is 0 Å². The zero-order valence-electron chi connectivity index (χ0n) is 19.0. The molecule has 5 rings (SSSR count). The Morgan fingerprint density at radius 1 is 1.18 bits per heavy atom. The average Bonchev–Trinajstić information content (AvgIpc) is 3.19. The summed E-state index contributed by atoms with van der Waals surface area (Å²) in [7, 11) is 0. The van der Waals surface area contributed by atoms with Gasteiger partial charge in [-0.3, -0.25) is 4.79 Å². The van der Waals surface area contributed by atoms with E-state index in [0.29, 0.717) is 35.7 Å². The van der Waals surface area contributed by atoms with Crippen molar-refractivity contribution in [2.45, 2.75) is 32.6 Å². The van der Waals surface area contributed by atoms with Gasteiger partial charge in [0.25, 0.3) is 0 Å². The fourth-order valence-electron chi connectivity index (χ4n) is 4.23. The predicted molar refractivity (Wildman–Crippen MR) is 131 cm³/mol. The molecular weight excluding hydrogens is 430 g/mol. The Morgan fingerprint density at radius 2 is 2.12 bits per heavy atom. The van der Waals surface area contributed by atoms with Gasteiger partial charge in [-0.05, 0) is 55.5 Å². The van der Waals surface area contributed by atoms with Crippen LogP contribution in [0.15, 0.2) is 49.2 Å². The third kappa shape index (κ3) is 4.89. The van der Waals surface area contributed by atoms with Gasteiger partial charge < -0.3 is 20.4 Å². The number of fused-ring (bicyclic) bond motifs is 1. The van der Waals surface area contributed by atoms with Gasteiger partial charge in [-0.15, -0.1) is 0 Å². The molecule has 1 amide bonds. The number of aromatic amines is 1. The van der Waals surface area contributed by atoms with E-state index in [1.165, 1.54) is 6.33 Å². The molecule has 0 aliphatic carbocycles. The number of ether oxygens (including phenoxy) is 1. The fraction of sp³-hybridized carbons (Fsp3) is 0.320. The minimum absolute atomic E-state index is 0.00531. The maximum Gasteiger partial charge on any atom is 0.224 e. The quantitative estimate of drug-likeness (QED) is 0.387. The molecular formula is C25H27N7O2. The molecule has 1 aromatic carbocycles. The highest BCUT2D eigenvalue weighted by Crippen LogP contribution is 2.32. The topological polar surface area (TPSA) is 118 Å². The number of imidazole rings is 1. The van der Waals surface area contributed by atoms with E-state index in [1.807, 2.05) is 37.3 Å². The van der Waals surface area contributed by atoms with Crippen molar-refractivity contribution in [3.05, 3.63) is 54.7 Å². The normalized spacial score (nSPS) is 16.2. The van der Waals surface area contributed by atoms with Crippen molar-refractivity contribution in [3.8, 4) is 11.3 Å². The number of rotatable bonds is 6. The highest BCUT2D eigenvalue weighted by atomic mass is 16.5. The van der Waals surface area contributed by atoms with E-state index in [1.54, 1.807) is 12.5 Å².